The highest BCUT2D eigenvalue weighted by molar-refractivity contribution is 5.96. The molecule has 0 unspecified atom stereocenters. The number of anilines is 1. The average Bonchev–Trinajstić information content (AvgIpc) is 2.79. The largest absolute Gasteiger partial charge is 0.453 e. The van der Waals surface area contributed by atoms with Crippen molar-refractivity contribution in [3.63, 3.8) is 0 Å². The van der Waals surface area contributed by atoms with Gasteiger partial charge in [-0.3, -0.25) is 9.59 Å². The second-order valence-electron chi connectivity index (χ2n) is 6.86. The van der Waals surface area contributed by atoms with Crippen LogP contribution in [-0.2, 0) is 14.3 Å². The molecule has 0 fully saturated rings. The van der Waals surface area contributed by atoms with Crippen LogP contribution >= 0.6 is 0 Å². The monoisotopic (exact) mass is 398 g/mol. The zero-order valence-electron chi connectivity index (χ0n) is 16.6. The smallest absolute Gasteiger partial charge is 0.307 e. The summed E-state index contributed by atoms with van der Waals surface area (Å²) in [7, 11) is 0. The summed E-state index contributed by atoms with van der Waals surface area (Å²) in [4.78, 5) is 25.1. The number of nitrogens with one attached hydrogen (secondary N) is 1. The first-order valence-electron chi connectivity index (χ1n) is 9.68. The molecule has 3 aromatic carbocycles. The van der Waals surface area contributed by atoms with Gasteiger partial charge in [0.05, 0.1) is 17.7 Å². The third-order valence-electron chi connectivity index (χ3n) is 4.76. The molecular weight excluding hydrogens is 376 g/mol. The predicted molar refractivity (Wildman–Crippen MR) is 115 cm³/mol. The molecule has 0 spiro atoms. The van der Waals surface area contributed by atoms with Gasteiger partial charge in [-0.05, 0) is 30.2 Å². The van der Waals surface area contributed by atoms with Gasteiger partial charge in [0, 0.05) is 5.92 Å². The number of nitrogens with zero attached hydrogens (tertiary/aromatic N) is 1. The van der Waals surface area contributed by atoms with Crippen LogP contribution in [0.4, 0.5) is 5.69 Å². The Balaban J connectivity index is 1.68. The fourth-order valence-electron chi connectivity index (χ4n) is 3.19. The number of benzene rings is 3. The number of hydrogen-bond donors (Lipinski definition) is 1. The molecule has 150 valence electrons. The van der Waals surface area contributed by atoms with Crippen LogP contribution in [0.15, 0.2) is 84.9 Å². The Hall–Kier alpha value is -3.91. The molecule has 1 atom stereocenters. The van der Waals surface area contributed by atoms with Gasteiger partial charge < -0.3 is 10.1 Å². The number of rotatable bonds is 7. The van der Waals surface area contributed by atoms with E-state index in [0.29, 0.717) is 11.3 Å². The van der Waals surface area contributed by atoms with E-state index in [0.717, 1.165) is 11.1 Å². The van der Waals surface area contributed by atoms with Crippen molar-refractivity contribution < 1.29 is 14.3 Å². The molecule has 3 rings (SSSR count). The van der Waals surface area contributed by atoms with Crippen LogP contribution in [0.5, 0.6) is 0 Å². The van der Waals surface area contributed by atoms with Crippen LogP contribution in [-0.4, -0.2) is 18.0 Å². The summed E-state index contributed by atoms with van der Waals surface area (Å²) in [6.45, 7) is 1.52. The minimum atomic E-state index is -0.989. The maximum Gasteiger partial charge on any atom is 0.307 e. The standard InChI is InChI=1S/C25H22N2O3/c1-18(25(29)27-23-15-9-8-14-21(23)17-26)30-24(28)16-22(19-10-4-2-5-11-19)20-12-6-3-7-13-20/h2-15,18,22H,16H2,1H3,(H,27,29)/t18-/m1/s1. The first kappa shape index (κ1) is 20.8. The van der Waals surface area contributed by atoms with Gasteiger partial charge in [0.1, 0.15) is 6.07 Å². The van der Waals surface area contributed by atoms with Gasteiger partial charge >= 0.3 is 5.97 Å². The molecule has 0 aliphatic heterocycles. The molecule has 30 heavy (non-hydrogen) atoms. The molecule has 0 saturated carbocycles. The lowest BCUT2D eigenvalue weighted by Crippen LogP contribution is -2.30. The second kappa shape index (κ2) is 10.0. The first-order valence-corrected chi connectivity index (χ1v) is 9.68. The van der Waals surface area contributed by atoms with Gasteiger partial charge in [0.25, 0.3) is 5.91 Å². The van der Waals surface area contributed by atoms with Crippen LogP contribution in [0.25, 0.3) is 0 Å². The van der Waals surface area contributed by atoms with Gasteiger partial charge in [-0.25, -0.2) is 0 Å². The number of carbonyl (C=O) groups is 2. The Morgan fingerprint density at radius 3 is 2.00 bits per heavy atom. The van der Waals surface area contributed by atoms with Crippen LogP contribution in [0.2, 0.25) is 0 Å². The molecule has 0 bridgehead atoms. The maximum absolute atomic E-state index is 12.6. The van der Waals surface area contributed by atoms with Gasteiger partial charge in [0.2, 0.25) is 0 Å². The number of esters is 1. The molecule has 0 radical (unpaired) electrons. The lowest BCUT2D eigenvalue weighted by molar-refractivity contribution is -0.153. The Morgan fingerprint density at radius 2 is 1.43 bits per heavy atom. The summed E-state index contributed by atoms with van der Waals surface area (Å²) in [6, 6.07) is 28.2. The van der Waals surface area contributed by atoms with E-state index >= 15 is 0 Å². The normalized spacial score (nSPS) is 11.4. The number of nitriles is 1. The highest BCUT2D eigenvalue weighted by Gasteiger charge is 2.23. The van der Waals surface area contributed by atoms with Crippen molar-refractivity contribution in [2.45, 2.75) is 25.4 Å². The molecule has 0 aliphatic carbocycles. The lowest BCUT2D eigenvalue weighted by atomic mass is 9.88. The van der Waals surface area contributed by atoms with Crippen LogP contribution in [0.1, 0.15) is 36.0 Å². The first-order chi connectivity index (χ1) is 14.6. The number of carbonyl (C=O) groups excluding carboxylic acids is 2. The van der Waals surface area contributed by atoms with Crippen molar-refractivity contribution >= 4 is 17.6 Å². The van der Waals surface area contributed by atoms with E-state index in [2.05, 4.69) is 5.32 Å². The predicted octanol–water partition coefficient (Wildman–Crippen LogP) is 4.65. The van der Waals surface area contributed by atoms with Crippen molar-refractivity contribution in [1.82, 2.24) is 0 Å². The van der Waals surface area contributed by atoms with E-state index in [1.165, 1.54) is 6.92 Å². The fourth-order valence-corrected chi connectivity index (χ4v) is 3.19. The number of ether oxygens (including phenoxy) is 1. The minimum Gasteiger partial charge on any atom is -0.453 e. The van der Waals surface area contributed by atoms with E-state index in [1.807, 2.05) is 66.7 Å². The average molecular weight is 398 g/mol. The Morgan fingerprint density at radius 1 is 0.900 bits per heavy atom. The zero-order chi connectivity index (χ0) is 21.3. The number of para-hydroxylation sites is 1. The highest BCUT2D eigenvalue weighted by atomic mass is 16.5. The summed E-state index contributed by atoms with van der Waals surface area (Å²) in [5, 5.41) is 11.8. The molecular formula is C25H22N2O3. The maximum atomic E-state index is 12.6. The van der Waals surface area contributed by atoms with Gasteiger partial charge in [0.15, 0.2) is 6.10 Å². The molecule has 1 amide bonds. The molecule has 0 heterocycles. The molecule has 1 N–H and O–H groups in total. The molecule has 0 saturated heterocycles. The van der Waals surface area contributed by atoms with Crippen LogP contribution < -0.4 is 5.32 Å². The number of amides is 1. The van der Waals surface area contributed by atoms with Gasteiger partial charge in [-0.2, -0.15) is 5.26 Å². The molecule has 5 heteroatoms. The van der Waals surface area contributed by atoms with E-state index in [9.17, 15) is 9.59 Å². The lowest BCUT2D eigenvalue weighted by Gasteiger charge is -2.19. The summed E-state index contributed by atoms with van der Waals surface area (Å²) >= 11 is 0. The Kier molecular flexibility index (Phi) is 6.96. The van der Waals surface area contributed by atoms with Crippen molar-refractivity contribution in [2.24, 2.45) is 0 Å². The highest BCUT2D eigenvalue weighted by Crippen LogP contribution is 2.28. The summed E-state index contributed by atoms with van der Waals surface area (Å²) in [6.07, 6.45) is -0.878. The van der Waals surface area contributed by atoms with Crippen molar-refractivity contribution in [3.8, 4) is 6.07 Å². The molecule has 3 aromatic rings. The van der Waals surface area contributed by atoms with Crippen molar-refractivity contribution in [1.29, 1.82) is 5.26 Å². The van der Waals surface area contributed by atoms with E-state index < -0.39 is 18.0 Å². The second-order valence-corrected chi connectivity index (χ2v) is 6.86. The van der Waals surface area contributed by atoms with Crippen molar-refractivity contribution in [2.75, 3.05) is 5.32 Å². The van der Waals surface area contributed by atoms with E-state index in [1.54, 1.807) is 24.3 Å². The van der Waals surface area contributed by atoms with Gasteiger partial charge in [-0.1, -0.05) is 72.8 Å². The van der Waals surface area contributed by atoms with E-state index in [-0.39, 0.29) is 12.3 Å². The molecule has 0 aliphatic rings. The SMILES string of the molecule is C[C@@H](OC(=O)CC(c1ccccc1)c1ccccc1)C(=O)Nc1ccccc1C#N. The fraction of sp³-hybridized carbons (Fsp3) is 0.160. The third kappa shape index (κ3) is 5.33. The molecule has 5 nitrogen and oxygen atoms in total. The summed E-state index contributed by atoms with van der Waals surface area (Å²) < 4.78 is 5.40. The summed E-state index contributed by atoms with van der Waals surface area (Å²) in [5.41, 5.74) is 2.73. The Labute approximate surface area is 175 Å². The van der Waals surface area contributed by atoms with Crippen LogP contribution in [0.3, 0.4) is 0 Å². The Bertz CT molecular complexity index is 1000. The molecule has 0 aromatic heterocycles. The number of hydrogen-bond acceptors (Lipinski definition) is 4. The van der Waals surface area contributed by atoms with E-state index in [4.69, 9.17) is 10.00 Å². The third-order valence-corrected chi connectivity index (χ3v) is 4.76. The minimum absolute atomic E-state index is 0.112. The van der Waals surface area contributed by atoms with Crippen LogP contribution in [0, 0.1) is 11.3 Å². The van der Waals surface area contributed by atoms with Crippen molar-refractivity contribution in [3.05, 3.63) is 102 Å². The zero-order valence-corrected chi connectivity index (χ0v) is 16.6. The summed E-state index contributed by atoms with van der Waals surface area (Å²) in [5.74, 6) is -1.12. The quantitative estimate of drug-likeness (QED) is 0.588. The van der Waals surface area contributed by atoms with Gasteiger partial charge in [-0.15, -0.1) is 0 Å². The topological polar surface area (TPSA) is 79.2 Å².